The molecule has 8 nitrogen and oxygen atoms in total. The van der Waals surface area contributed by atoms with Crippen LogP contribution in [-0.4, -0.2) is 57.0 Å². The first-order valence-electron chi connectivity index (χ1n) is 8.38. The maximum atomic E-state index is 11.2. The van der Waals surface area contributed by atoms with Crippen molar-refractivity contribution in [2.75, 3.05) is 24.5 Å². The topological polar surface area (TPSA) is 96.2 Å². The highest BCUT2D eigenvalue weighted by molar-refractivity contribution is 5.74. The van der Waals surface area contributed by atoms with Gasteiger partial charge in [0.15, 0.2) is 0 Å². The molecule has 3 aromatic rings. The van der Waals surface area contributed by atoms with Gasteiger partial charge in [-0.3, -0.25) is 4.79 Å². The molecule has 1 aromatic heterocycles. The zero-order chi connectivity index (χ0) is 17.9. The lowest BCUT2D eigenvalue weighted by atomic mass is 10.1. The molecule has 1 atom stereocenters. The third-order valence-electron chi connectivity index (χ3n) is 4.43. The number of tetrazole rings is 1. The fraction of sp³-hybridized carbons (Fsp3) is 0.222. The van der Waals surface area contributed by atoms with Crippen molar-refractivity contribution in [1.29, 1.82) is 0 Å². The van der Waals surface area contributed by atoms with Gasteiger partial charge in [0.05, 0.1) is 5.69 Å². The van der Waals surface area contributed by atoms with Crippen LogP contribution in [0.2, 0.25) is 0 Å². The largest absolute Gasteiger partial charge is 0.480 e. The molecule has 0 radical (unpaired) electrons. The SMILES string of the molecule is O=C(O)[C@@H]1CN(c2nnnn2-c2ccc(-c3ccccc3)cc2)CCN1. The molecular formula is C18H18N6O2. The van der Waals surface area contributed by atoms with Crippen molar-refractivity contribution in [3.63, 3.8) is 0 Å². The van der Waals surface area contributed by atoms with Gasteiger partial charge in [-0.25, -0.2) is 0 Å². The summed E-state index contributed by atoms with van der Waals surface area (Å²) in [5, 5.41) is 24.2. The van der Waals surface area contributed by atoms with Crippen LogP contribution in [0.4, 0.5) is 5.95 Å². The van der Waals surface area contributed by atoms with Gasteiger partial charge in [0.25, 0.3) is 0 Å². The Morgan fingerprint density at radius 2 is 1.81 bits per heavy atom. The number of carbonyl (C=O) groups is 1. The Kier molecular flexibility index (Phi) is 4.32. The zero-order valence-corrected chi connectivity index (χ0v) is 14.0. The van der Waals surface area contributed by atoms with Crippen molar-refractivity contribution in [3.8, 4) is 16.8 Å². The molecule has 4 rings (SSSR count). The highest BCUT2D eigenvalue weighted by atomic mass is 16.4. The van der Waals surface area contributed by atoms with E-state index in [0.29, 0.717) is 25.6 Å². The standard InChI is InChI=1S/C18H18N6O2/c25-17(26)16-12-23(11-10-19-16)18-20-21-22-24(18)15-8-6-14(7-9-15)13-4-2-1-3-5-13/h1-9,16,19H,10-12H2,(H,25,26)/t16-/m0/s1. The highest BCUT2D eigenvalue weighted by Crippen LogP contribution is 2.22. The summed E-state index contributed by atoms with van der Waals surface area (Å²) in [6.07, 6.45) is 0. The van der Waals surface area contributed by atoms with Crippen LogP contribution in [0, 0.1) is 0 Å². The number of benzene rings is 2. The molecule has 8 heteroatoms. The van der Waals surface area contributed by atoms with Crippen molar-refractivity contribution in [2.24, 2.45) is 0 Å². The molecule has 2 heterocycles. The Morgan fingerprint density at radius 1 is 1.08 bits per heavy atom. The predicted molar refractivity (Wildman–Crippen MR) is 96.2 cm³/mol. The molecule has 1 aliphatic rings. The van der Waals surface area contributed by atoms with E-state index < -0.39 is 12.0 Å². The van der Waals surface area contributed by atoms with Crippen LogP contribution < -0.4 is 10.2 Å². The van der Waals surface area contributed by atoms with Crippen LogP contribution in [0.3, 0.4) is 0 Å². The fourth-order valence-electron chi connectivity index (χ4n) is 3.07. The fourth-order valence-corrected chi connectivity index (χ4v) is 3.07. The predicted octanol–water partition coefficient (Wildman–Crippen LogP) is 1.19. The average molecular weight is 350 g/mol. The number of aromatic nitrogens is 4. The zero-order valence-electron chi connectivity index (χ0n) is 14.0. The molecule has 1 saturated heterocycles. The summed E-state index contributed by atoms with van der Waals surface area (Å²) in [5.74, 6) is -0.328. The van der Waals surface area contributed by atoms with E-state index in [2.05, 4.69) is 33.0 Å². The maximum Gasteiger partial charge on any atom is 0.322 e. The number of nitrogens with zero attached hydrogens (tertiary/aromatic N) is 5. The molecule has 0 unspecified atom stereocenters. The number of anilines is 1. The molecule has 1 aliphatic heterocycles. The number of rotatable bonds is 4. The summed E-state index contributed by atoms with van der Waals surface area (Å²) < 4.78 is 1.64. The van der Waals surface area contributed by atoms with Crippen LogP contribution in [0.5, 0.6) is 0 Å². The van der Waals surface area contributed by atoms with Gasteiger partial charge in [-0.15, -0.1) is 0 Å². The molecule has 0 spiro atoms. The van der Waals surface area contributed by atoms with E-state index in [-0.39, 0.29) is 0 Å². The van der Waals surface area contributed by atoms with E-state index in [0.717, 1.165) is 16.8 Å². The average Bonchev–Trinajstić information content (AvgIpc) is 3.19. The molecule has 1 fully saturated rings. The van der Waals surface area contributed by atoms with Crippen molar-refractivity contribution in [3.05, 3.63) is 54.6 Å². The smallest absolute Gasteiger partial charge is 0.322 e. The number of piperazine rings is 1. The molecule has 0 bridgehead atoms. The van der Waals surface area contributed by atoms with Crippen molar-refractivity contribution in [1.82, 2.24) is 25.5 Å². The number of hydrogen-bond donors (Lipinski definition) is 2. The second-order valence-corrected chi connectivity index (χ2v) is 6.09. The first-order valence-corrected chi connectivity index (χ1v) is 8.38. The molecule has 2 N–H and O–H groups in total. The molecule has 26 heavy (non-hydrogen) atoms. The minimum Gasteiger partial charge on any atom is -0.480 e. The van der Waals surface area contributed by atoms with Crippen LogP contribution in [-0.2, 0) is 4.79 Å². The molecule has 0 aliphatic carbocycles. The Hall–Kier alpha value is -3.26. The van der Waals surface area contributed by atoms with Crippen LogP contribution in [0.15, 0.2) is 54.6 Å². The van der Waals surface area contributed by atoms with E-state index in [1.54, 1.807) is 4.68 Å². The van der Waals surface area contributed by atoms with Gasteiger partial charge in [0, 0.05) is 19.6 Å². The maximum absolute atomic E-state index is 11.2. The van der Waals surface area contributed by atoms with Gasteiger partial charge in [-0.2, -0.15) is 4.68 Å². The Labute approximate surface area is 150 Å². The van der Waals surface area contributed by atoms with E-state index in [1.807, 2.05) is 47.4 Å². The lowest BCUT2D eigenvalue weighted by molar-refractivity contribution is -0.139. The Balaban J connectivity index is 1.60. The number of aliphatic carboxylic acids is 1. The number of carboxylic acid groups (broad SMARTS) is 1. The van der Waals surface area contributed by atoms with Gasteiger partial charge < -0.3 is 15.3 Å². The quantitative estimate of drug-likeness (QED) is 0.730. The number of carboxylic acids is 1. The third-order valence-corrected chi connectivity index (χ3v) is 4.43. The first kappa shape index (κ1) is 16.2. The first-order chi connectivity index (χ1) is 12.7. The van der Waals surface area contributed by atoms with Crippen LogP contribution in [0.1, 0.15) is 0 Å². The highest BCUT2D eigenvalue weighted by Gasteiger charge is 2.28. The second kappa shape index (κ2) is 6.93. The van der Waals surface area contributed by atoms with Gasteiger partial charge in [-0.1, -0.05) is 47.6 Å². The molecule has 2 aromatic carbocycles. The minimum absolute atomic E-state index is 0.317. The minimum atomic E-state index is -0.874. The summed E-state index contributed by atoms with van der Waals surface area (Å²) in [5.41, 5.74) is 3.08. The molecule has 132 valence electrons. The molecular weight excluding hydrogens is 332 g/mol. The lowest BCUT2D eigenvalue weighted by Gasteiger charge is -2.31. The summed E-state index contributed by atoms with van der Waals surface area (Å²) in [7, 11) is 0. The summed E-state index contributed by atoms with van der Waals surface area (Å²) >= 11 is 0. The van der Waals surface area contributed by atoms with Gasteiger partial charge in [0.2, 0.25) is 5.95 Å². The Bertz CT molecular complexity index is 894. The van der Waals surface area contributed by atoms with Crippen LogP contribution in [0.25, 0.3) is 16.8 Å². The van der Waals surface area contributed by atoms with E-state index in [9.17, 15) is 9.90 Å². The summed E-state index contributed by atoms with van der Waals surface area (Å²) in [4.78, 5) is 13.1. The monoisotopic (exact) mass is 350 g/mol. The molecule has 0 amide bonds. The number of hydrogen-bond acceptors (Lipinski definition) is 6. The Morgan fingerprint density at radius 3 is 2.54 bits per heavy atom. The lowest BCUT2D eigenvalue weighted by Crippen LogP contribution is -2.54. The summed E-state index contributed by atoms with van der Waals surface area (Å²) in [6, 6.07) is 17.4. The van der Waals surface area contributed by atoms with Gasteiger partial charge in [0.1, 0.15) is 6.04 Å². The van der Waals surface area contributed by atoms with Crippen LogP contribution >= 0.6 is 0 Å². The third kappa shape index (κ3) is 3.14. The van der Waals surface area contributed by atoms with E-state index in [1.165, 1.54) is 0 Å². The summed E-state index contributed by atoms with van der Waals surface area (Å²) in [6.45, 7) is 1.53. The van der Waals surface area contributed by atoms with E-state index in [4.69, 9.17) is 0 Å². The molecule has 0 saturated carbocycles. The van der Waals surface area contributed by atoms with Gasteiger partial charge >= 0.3 is 5.97 Å². The second-order valence-electron chi connectivity index (χ2n) is 6.09. The van der Waals surface area contributed by atoms with Gasteiger partial charge in [-0.05, 0) is 33.7 Å². The normalized spacial score (nSPS) is 17.2. The van der Waals surface area contributed by atoms with Crippen molar-refractivity contribution >= 4 is 11.9 Å². The van der Waals surface area contributed by atoms with Crippen molar-refractivity contribution in [2.45, 2.75) is 6.04 Å². The van der Waals surface area contributed by atoms with Crippen molar-refractivity contribution < 1.29 is 9.90 Å². The van der Waals surface area contributed by atoms with E-state index >= 15 is 0 Å². The number of nitrogens with one attached hydrogen (secondary N) is 1.